The van der Waals surface area contributed by atoms with Crippen LogP contribution in [0.3, 0.4) is 0 Å². The Morgan fingerprint density at radius 1 is 1.35 bits per heavy atom. The molecule has 1 aromatic rings. The lowest BCUT2D eigenvalue weighted by Gasteiger charge is -2.34. The fraction of sp³-hybridized carbons (Fsp3) is 0.500. The van der Waals surface area contributed by atoms with Crippen molar-refractivity contribution in [1.82, 2.24) is 15.5 Å². The summed E-state index contributed by atoms with van der Waals surface area (Å²) in [5, 5.41) is 6.69. The zero-order valence-corrected chi connectivity index (χ0v) is 14.8. The second-order valence-corrected chi connectivity index (χ2v) is 5.94. The SMILES string of the molecule is CC1CNCCN1C(=O)CCCNC(=O)c1ccc(Cl)cc1.Cl. The molecule has 0 aliphatic carbocycles. The van der Waals surface area contributed by atoms with E-state index in [0.29, 0.717) is 30.0 Å². The van der Waals surface area contributed by atoms with E-state index < -0.39 is 0 Å². The molecule has 1 aliphatic rings. The smallest absolute Gasteiger partial charge is 0.251 e. The number of amides is 2. The van der Waals surface area contributed by atoms with E-state index in [4.69, 9.17) is 11.6 Å². The summed E-state index contributed by atoms with van der Waals surface area (Å²) in [5.74, 6) is 0.0226. The van der Waals surface area contributed by atoms with Crippen molar-refractivity contribution in [3.63, 3.8) is 0 Å². The van der Waals surface area contributed by atoms with Gasteiger partial charge in [0.2, 0.25) is 5.91 Å². The van der Waals surface area contributed by atoms with Crippen LogP contribution in [0.1, 0.15) is 30.1 Å². The zero-order valence-electron chi connectivity index (χ0n) is 13.2. The Morgan fingerprint density at radius 3 is 2.70 bits per heavy atom. The number of hydrogen-bond acceptors (Lipinski definition) is 3. The number of nitrogens with one attached hydrogen (secondary N) is 2. The number of carbonyl (C=O) groups is 2. The largest absolute Gasteiger partial charge is 0.352 e. The van der Waals surface area contributed by atoms with Gasteiger partial charge in [-0.25, -0.2) is 0 Å². The van der Waals surface area contributed by atoms with Crippen molar-refractivity contribution in [3.8, 4) is 0 Å². The molecule has 128 valence electrons. The summed E-state index contributed by atoms with van der Waals surface area (Å²) < 4.78 is 0. The van der Waals surface area contributed by atoms with Crippen LogP contribution in [0.2, 0.25) is 5.02 Å². The van der Waals surface area contributed by atoms with Crippen LogP contribution < -0.4 is 10.6 Å². The molecule has 0 saturated carbocycles. The molecule has 0 bridgehead atoms. The van der Waals surface area contributed by atoms with Crippen LogP contribution in [0.4, 0.5) is 0 Å². The summed E-state index contributed by atoms with van der Waals surface area (Å²) in [6, 6.07) is 6.98. The Bertz CT molecular complexity index is 523. The van der Waals surface area contributed by atoms with Gasteiger partial charge < -0.3 is 15.5 Å². The van der Waals surface area contributed by atoms with E-state index in [0.717, 1.165) is 19.6 Å². The van der Waals surface area contributed by atoms with E-state index in [9.17, 15) is 9.59 Å². The van der Waals surface area contributed by atoms with Crippen LogP contribution in [0.25, 0.3) is 0 Å². The molecule has 1 heterocycles. The van der Waals surface area contributed by atoms with Crippen molar-refractivity contribution in [1.29, 1.82) is 0 Å². The first kappa shape index (κ1) is 19.7. The highest BCUT2D eigenvalue weighted by Gasteiger charge is 2.22. The summed E-state index contributed by atoms with van der Waals surface area (Å²) in [4.78, 5) is 25.9. The van der Waals surface area contributed by atoms with Crippen molar-refractivity contribution in [2.75, 3.05) is 26.2 Å². The molecule has 5 nitrogen and oxygen atoms in total. The van der Waals surface area contributed by atoms with Gasteiger partial charge in [0.1, 0.15) is 0 Å². The molecular formula is C16H23Cl2N3O2. The zero-order chi connectivity index (χ0) is 15.9. The first-order valence-corrected chi connectivity index (χ1v) is 7.99. The topological polar surface area (TPSA) is 61.4 Å². The van der Waals surface area contributed by atoms with Crippen LogP contribution in [-0.4, -0.2) is 48.9 Å². The molecule has 1 saturated heterocycles. The van der Waals surface area contributed by atoms with Crippen molar-refractivity contribution in [2.45, 2.75) is 25.8 Å². The highest BCUT2D eigenvalue weighted by Crippen LogP contribution is 2.09. The minimum atomic E-state index is -0.139. The summed E-state index contributed by atoms with van der Waals surface area (Å²) in [7, 11) is 0. The fourth-order valence-electron chi connectivity index (χ4n) is 2.50. The van der Waals surface area contributed by atoms with Gasteiger partial charge in [-0.15, -0.1) is 12.4 Å². The lowest BCUT2D eigenvalue weighted by molar-refractivity contribution is -0.134. The molecule has 7 heteroatoms. The molecule has 2 rings (SSSR count). The van der Waals surface area contributed by atoms with Gasteiger partial charge >= 0.3 is 0 Å². The van der Waals surface area contributed by atoms with Gasteiger partial charge in [0.05, 0.1) is 0 Å². The molecule has 1 aliphatic heterocycles. The number of hydrogen-bond donors (Lipinski definition) is 2. The Hall–Kier alpha value is -1.30. The lowest BCUT2D eigenvalue weighted by Crippen LogP contribution is -2.52. The molecule has 23 heavy (non-hydrogen) atoms. The van der Waals surface area contributed by atoms with Crippen molar-refractivity contribution < 1.29 is 9.59 Å². The molecular weight excluding hydrogens is 337 g/mol. The lowest BCUT2D eigenvalue weighted by atomic mass is 10.1. The average Bonchev–Trinajstić information content (AvgIpc) is 2.52. The van der Waals surface area contributed by atoms with Gasteiger partial charge in [-0.1, -0.05) is 11.6 Å². The van der Waals surface area contributed by atoms with Gasteiger partial charge in [-0.3, -0.25) is 9.59 Å². The molecule has 1 aromatic carbocycles. The standard InChI is InChI=1S/C16H22ClN3O2.ClH/c1-12-11-18-9-10-20(12)15(21)3-2-8-19-16(22)13-4-6-14(17)7-5-13;/h4-7,12,18H,2-3,8-11H2,1H3,(H,19,22);1H. The van der Waals surface area contributed by atoms with E-state index in [1.54, 1.807) is 24.3 Å². The van der Waals surface area contributed by atoms with E-state index in [-0.39, 0.29) is 30.3 Å². The summed E-state index contributed by atoms with van der Waals surface area (Å²) in [6.45, 7) is 5.00. The van der Waals surface area contributed by atoms with Gasteiger partial charge in [0, 0.05) is 49.2 Å². The van der Waals surface area contributed by atoms with E-state index in [1.165, 1.54) is 0 Å². The number of nitrogens with zero attached hydrogens (tertiary/aromatic N) is 1. The van der Waals surface area contributed by atoms with Gasteiger partial charge in [-0.05, 0) is 37.6 Å². The van der Waals surface area contributed by atoms with Crippen LogP contribution in [0.15, 0.2) is 24.3 Å². The van der Waals surface area contributed by atoms with Crippen LogP contribution in [0.5, 0.6) is 0 Å². The molecule has 1 fully saturated rings. The molecule has 1 unspecified atom stereocenters. The molecule has 2 N–H and O–H groups in total. The Morgan fingerprint density at radius 2 is 2.04 bits per heavy atom. The summed E-state index contributed by atoms with van der Waals surface area (Å²) in [5.41, 5.74) is 0.575. The summed E-state index contributed by atoms with van der Waals surface area (Å²) >= 11 is 5.79. The second-order valence-electron chi connectivity index (χ2n) is 5.51. The maximum atomic E-state index is 12.1. The van der Waals surface area contributed by atoms with E-state index in [2.05, 4.69) is 10.6 Å². The van der Waals surface area contributed by atoms with E-state index >= 15 is 0 Å². The van der Waals surface area contributed by atoms with Gasteiger partial charge in [0.25, 0.3) is 5.91 Å². The number of halogens is 2. The van der Waals surface area contributed by atoms with Crippen LogP contribution >= 0.6 is 24.0 Å². The third-order valence-electron chi connectivity index (χ3n) is 3.78. The predicted molar refractivity (Wildman–Crippen MR) is 94.3 cm³/mol. The molecule has 2 amide bonds. The van der Waals surface area contributed by atoms with Crippen LogP contribution in [0, 0.1) is 0 Å². The van der Waals surface area contributed by atoms with Gasteiger partial charge in [0.15, 0.2) is 0 Å². The summed E-state index contributed by atoms with van der Waals surface area (Å²) in [6.07, 6.45) is 1.11. The van der Waals surface area contributed by atoms with Crippen molar-refractivity contribution >= 4 is 35.8 Å². The predicted octanol–water partition coefficient (Wildman–Crippen LogP) is 2.09. The maximum Gasteiger partial charge on any atom is 0.251 e. The van der Waals surface area contributed by atoms with Crippen molar-refractivity contribution in [3.05, 3.63) is 34.9 Å². The first-order chi connectivity index (χ1) is 10.6. The van der Waals surface area contributed by atoms with Gasteiger partial charge in [-0.2, -0.15) is 0 Å². The maximum absolute atomic E-state index is 12.1. The number of benzene rings is 1. The molecule has 1 atom stereocenters. The third kappa shape index (κ3) is 6.01. The number of rotatable bonds is 5. The molecule has 0 spiro atoms. The Kier molecular flexibility index (Phi) is 8.37. The van der Waals surface area contributed by atoms with Crippen LogP contribution in [-0.2, 0) is 4.79 Å². The Labute approximate surface area is 148 Å². The average molecular weight is 360 g/mol. The van der Waals surface area contributed by atoms with Crippen molar-refractivity contribution in [2.24, 2.45) is 0 Å². The monoisotopic (exact) mass is 359 g/mol. The van der Waals surface area contributed by atoms with E-state index in [1.807, 2.05) is 11.8 Å². The Balaban J connectivity index is 0.00000264. The third-order valence-corrected chi connectivity index (χ3v) is 4.03. The number of piperazine rings is 1. The highest BCUT2D eigenvalue weighted by molar-refractivity contribution is 6.30. The second kappa shape index (κ2) is 9.75. The fourth-order valence-corrected chi connectivity index (χ4v) is 2.63. The highest BCUT2D eigenvalue weighted by atomic mass is 35.5. The number of carbonyl (C=O) groups excluding carboxylic acids is 2. The molecule has 0 radical (unpaired) electrons. The normalized spacial score (nSPS) is 17.3. The minimum absolute atomic E-state index is 0. The minimum Gasteiger partial charge on any atom is -0.352 e. The first-order valence-electron chi connectivity index (χ1n) is 7.62. The molecule has 0 aromatic heterocycles. The quantitative estimate of drug-likeness (QED) is 0.791.